The summed E-state index contributed by atoms with van der Waals surface area (Å²) in [5.74, 6) is 0. The zero-order chi connectivity index (χ0) is 41.5. The van der Waals surface area contributed by atoms with E-state index in [0.29, 0.717) is 0 Å². The highest BCUT2D eigenvalue weighted by atomic mass is 15.1. The molecular formula is C60H39N3. The Balaban J connectivity index is 0.974. The summed E-state index contributed by atoms with van der Waals surface area (Å²) in [7, 11) is 0. The van der Waals surface area contributed by atoms with E-state index in [1.54, 1.807) is 0 Å². The van der Waals surface area contributed by atoms with Crippen LogP contribution >= 0.6 is 0 Å². The molecule has 2 heterocycles. The van der Waals surface area contributed by atoms with Crippen LogP contribution in [0.2, 0.25) is 0 Å². The zero-order valence-electron chi connectivity index (χ0n) is 34.4. The van der Waals surface area contributed by atoms with Crippen LogP contribution < -0.4 is 4.90 Å². The number of fused-ring (bicyclic) bond motifs is 13. The van der Waals surface area contributed by atoms with Crippen molar-refractivity contribution in [3.05, 3.63) is 259 Å². The Kier molecular flexibility index (Phi) is 7.82. The Morgan fingerprint density at radius 1 is 0.349 bits per heavy atom. The molecule has 0 N–H and O–H groups in total. The molecule has 2 aromatic heterocycles. The number of benzene rings is 9. The van der Waals surface area contributed by atoms with E-state index in [0.717, 1.165) is 45.0 Å². The Morgan fingerprint density at radius 2 is 0.921 bits per heavy atom. The second-order valence-corrected chi connectivity index (χ2v) is 16.7. The first-order valence-electron chi connectivity index (χ1n) is 21.7. The second kappa shape index (κ2) is 13.9. The van der Waals surface area contributed by atoms with Crippen molar-refractivity contribution in [1.82, 2.24) is 9.55 Å². The number of anilines is 3. The number of rotatable bonds is 6. The lowest BCUT2D eigenvalue weighted by Crippen LogP contribution is -2.26. The minimum absolute atomic E-state index is 0.414. The fraction of sp³-hybridized carbons (Fsp3) is 0.0167. The van der Waals surface area contributed by atoms with Gasteiger partial charge in [-0.05, 0) is 133 Å². The van der Waals surface area contributed by atoms with Crippen molar-refractivity contribution in [3.63, 3.8) is 0 Å². The number of hydrogen-bond acceptors (Lipinski definition) is 2. The molecule has 0 fully saturated rings. The van der Waals surface area contributed by atoms with Crippen molar-refractivity contribution in [1.29, 1.82) is 0 Å². The van der Waals surface area contributed by atoms with Gasteiger partial charge >= 0.3 is 0 Å². The summed E-state index contributed by atoms with van der Waals surface area (Å²) < 4.78 is 2.49. The molecule has 0 aliphatic heterocycles. The molecule has 0 atom stereocenters. The summed E-state index contributed by atoms with van der Waals surface area (Å²) in [6.07, 6.45) is 3.73. The van der Waals surface area contributed by atoms with Gasteiger partial charge in [0.15, 0.2) is 0 Å². The first-order valence-corrected chi connectivity index (χ1v) is 21.7. The van der Waals surface area contributed by atoms with E-state index in [-0.39, 0.29) is 0 Å². The van der Waals surface area contributed by atoms with Crippen molar-refractivity contribution in [3.8, 4) is 50.2 Å². The van der Waals surface area contributed by atoms with Crippen molar-refractivity contribution < 1.29 is 0 Å². The molecule has 294 valence electrons. The molecule has 0 amide bonds. The quantitative estimate of drug-likeness (QED) is 0.167. The fourth-order valence-corrected chi connectivity index (χ4v) is 10.8. The number of hydrogen-bond donors (Lipinski definition) is 0. The molecule has 11 aromatic rings. The molecular weight excluding hydrogens is 763 g/mol. The Bertz CT molecular complexity index is 3500. The lowest BCUT2D eigenvalue weighted by atomic mass is 9.70. The van der Waals surface area contributed by atoms with Crippen molar-refractivity contribution >= 4 is 38.9 Å². The average Bonchev–Trinajstić information content (AvgIpc) is 3.96. The lowest BCUT2D eigenvalue weighted by Gasteiger charge is -2.30. The number of para-hydroxylation sites is 2. The Hall–Kier alpha value is -8.27. The van der Waals surface area contributed by atoms with E-state index in [1.165, 1.54) is 66.3 Å². The van der Waals surface area contributed by atoms with Crippen LogP contribution in [0.4, 0.5) is 17.1 Å². The minimum Gasteiger partial charge on any atom is -0.310 e. The molecule has 2 aliphatic rings. The maximum atomic E-state index is 4.35. The third-order valence-corrected chi connectivity index (χ3v) is 13.5. The predicted molar refractivity (Wildman–Crippen MR) is 260 cm³/mol. The monoisotopic (exact) mass is 801 g/mol. The number of pyridine rings is 1. The van der Waals surface area contributed by atoms with Crippen LogP contribution in [-0.2, 0) is 5.41 Å². The van der Waals surface area contributed by atoms with Gasteiger partial charge in [-0.1, -0.05) is 158 Å². The summed E-state index contributed by atoms with van der Waals surface area (Å²) in [6, 6.07) is 82.6. The van der Waals surface area contributed by atoms with Gasteiger partial charge in [0.1, 0.15) is 0 Å². The van der Waals surface area contributed by atoms with Crippen molar-refractivity contribution in [2.75, 3.05) is 4.90 Å². The summed E-state index contributed by atoms with van der Waals surface area (Å²) in [5, 5.41) is 2.48. The van der Waals surface area contributed by atoms with Gasteiger partial charge in [0.2, 0.25) is 0 Å². The topological polar surface area (TPSA) is 21.1 Å². The maximum Gasteiger partial charge on any atom is 0.0726 e. The van der Waals surface area contributed by atoms with Crippen LogP contribution in [0.1, 0.15) is 22.3 Å². The van der Waals surface area contributed by atoms with E-state index in [9.17, 15) is 0 Å². The van der Waals surface area contributed by atoms with Crippen LogP contribution in [-0.4, -0.2) is 9.55 Å². The molecule has 9 aromatic carbocycles. The van der Waals surface area contributed by atoms with Gasteiger partial charge in [0, 0.05) is 45.9 Å². The zero-order valence-corrected chi connectivity index (χ0v) is 34.4. The van der Waals surface area contributed by atoms with Crippen LogP contribution in [0.3, 0.4) is 0 Å². The molecule has 0 unspecified atom stereocenters. The lowest BCUT2D eigenvalue weighted by molar-refractivity contribution is 0.792. The number of nitrogens with zero attached hydrogens (tertiary/aromatic N) is 3. The molecule has 13 rings (SSSR count). The van der Waals surface area contributed by atoms with Crippen LogP contribution in [0.15, 0.2) is 237 Å². The summed E-state index contributed by atoms with van der Waals surface area (Å²) in [4.78, 5) is 6.68. The first kappa shape index (κ1) is 35.5. The summed E-state index contributed by atoms with van der Waals surface area (Å²) >= 11 is 0. The van der Waals surface area contributed by atoms with Gasteiger partial charge in [0.05, 0.1) is 16.4 Å². The predicted octanol–water partition coefficient (Wildman–Crippen LogP) is 15.3. The van der Waals surface area contributed by atoms with Crippen LogP contribution in [0.25, 0.3) is 72.0 Å². The maximum absolute atomic E-state index is 4.35. The standard InChI is InChI=1S/C60H39N3/c1-2-16-44(17-3-1)62(45-30-27-40(28-31-45)43-15-13-35-61-39-43)46-18-12-14-41(36-46)42-29-33-53-52-22-7-11-26-58(52)63(59(53)37-42)47-32-34-51-50-21-6-10-25-56(50)60(57(51)38-47)54-23-8-4-19-48(54)49-20-5-9-24-55(49)60/h1-39H. The van der Waals surface area contributed by atoms with Gasteiger partial charge in [-0.15, -0.1) is 0 Å². The fourth-order valence-electron chi connectivity index (χ4n) is 10.8. The van der Waals surface area contributed by atoms with Gasteiger partial charge in [-0.2, -0.15) is 0 Å². The van der Waals surface area contributed by atoms with Crippen molar-refractivity contribution in [2.24, 2.45) is 0 Å². The molecule has 0 radical (unpaired) electrons. The van der Waals surface area contributed by atoms with E-state index < -0.39 is 5.41 Å². The molecule has 63 heavy (non-hydrogen) atoms. The van der Waals surface area contributed by atoms with Gasteiger partial charge < -0.3 is 9.47 Å². The SMILES string of the molecule is c1ccc(N(c2ccc(-c3cccnc3)cc2)c2cccc(-c3ccc4c5ccccc5n(-c5ccc6c(c5)C5(c7ccccc7-c7ccccc75)c5ccccc5-6)c4c3)c2)cc1. The Labute approximate surface area is 366 Å². The molecule has 2 aliphatic carbocycles. The third kappa shape index (κ3) is 5.23. The third-order valence-electron chi connectivity index (χ3n) is 13.5. The highest BCUT2D eigenvalue weighted by Crippen LogP contribution is 2.63. The van der Waals surface area contributed by atoms with E-state index >= 15 is 0 Å². The first-order chi connectivity index (χ1) is 31.3. The molecule has 1 spiro atoms. The molecule has 0 bridgehead atoms. The summed E-state index contributed by atoms with van der Waals surface area (Å²) in [6.45, 7) is 0. The van der Waals surface area contributed by atoms with E-state index in [2.05, 4.69) is 233 Å². The average molecular weight is 802 g/mol. The van der Waals surface area contributed by atoms with Gasteiger partial charge in [0.25, 0.3) is 0 Å². The molecule has 3 heteroatoms. The highest BCUT2D eigenvalue weighted by molar-refractivity contribution is 6.10. The second-order valence-electron chi connectivity index (χ2n) is 16.7. The van der Waals surface area contributed by atoms with E-state index in [4.69, 9.17) is 0 Å². The molecule has 0 saturated carbocycles. The van der Waals surface area contributed by atoms with E-state index in [1.807, 2.05) is 18.5 Å². The number of aromatic nitrogens is 2. The van der Waals surface area contributed by atoms with Gasteiger partial charge in [-0.25, -0.2) is 0 Å². The van der Waals surface area contributed by atoms with Gasteiger partial charge in [-0.3, -0.25) is 4.98 Å². The largest absolute Gasteiger partial charge is 0.310 e. The smallest absolute Gasteiger partial charge is 0.0726 e. The highest BCUT2D eigenvalue weighted by Gasteiger charge is 2.51. The normalized spacial score (nSPS) is 12.9. The minimum atomic E-state index is -0.414. The molecule has 3 nitrogen and oxygen atoms in total. The van der Waals surface area contributed by atoms with Crippen molar-refractivity contribution in [2.45, 2.75) is 5.41 Å². The molecule has 0 saturated heterocycles. The summed E-state index contributed by atoms with van der Waals surface area (Å²) in [5.41, 5.74) is 21.6. The Morgan fingerprint density at radius 3 is 1.63 bits per heavy atom. The van der Waals surface area contributed by atoms with Crippen LogP contribution in [0.5, 0.6) is 0 Å². The van der Waals surface area contributed by atoms with Crippen LogP contribution in [0, 0.1) is 0 Å².